The molecule has 0 spiro atoms. The Labute approximate surface area is 207 Å². The van der Waals surface area contributed by atoms with E-state index in [9.17, 15) is 4.79 Å². The number of anilines is 1. The van der Waals surface area contributed by atoms with Gasteiger partial charge in [0.05, 0.1) is 10.6 Å². The molecule has 6 nitrogen and oxygen atoms in total. The molecular weight excluding hydrogens is 526 g/mol. The topological polar surface area (TPSA) is 80.7 Å². The number of thiophene rings is 1. The van der Waals surface area contributed by atoms with Crippen molar-refractivity contribution in [2.24, 2.45) is 5.92 Å². The standard InChI is InChI=1S/C22H22BrN5OS3/c1-4-16(19(29)26-22-28-27-17(32-22)9-12(2)3)31-21-18-15(10-30-20(18)24-11-25-21)13-5-7-14(23)8-6-13/h5-8,10-12,16H,4,9H2,1-3H3,(H,26,28,29). The van der Waals surface area contributed by atoms with Gasteiger partial charge in [0.2, 0.25) is 11.0 Å². The molecule has 4 aromatic rings. The highest BCUT2D eigenvalue weighted by Gasteiger charge is 2.23. The van der Waals surface area contributed by atoms with Crippen molar-refractivity contribution in [2.45, 2.75) is 43.9 Å². The van der Waals surface area contributed by atoms with Gasteiger partial charge in [0, 0.05) is 21.8 Å². The third-order valence-electron chi connectivity index (χ3n) is 4.69. The monoisotopic (exact) mass is 547 g/mol. The van der Waals surface area contributed by atoms with Crippen molar-refractivity contribution < 1.29 is 4.79 Å². The smallest absolute Gasteiger partial charge is 0.239 e. The van der Waals surface area contributed by atoms with Crippen LogP contribution in [0.3, 0.4) is 0 Å². The molecule has 1 N–H and O–H groups in total. The molecule has 0 aliphatic heterocycles. The van der Waals surface area contributed by atoms with Gasteiger partial charge in [0.25, 0.3) is 0 Å². The molecular formula is C22H22BrN5OS3. The molecule has 0 saturated heterocycles. The van der Waals surface area contributed by atoms with Crippen LogP contribution in [0.1, 0.15) is 32.2 Å². The molecule has 166 valence electrons. The molecule has 1 aromatic carbocycles. The average Bonchev–Trinajstić information content (AvgIpc) is 3.39. The first-order valence-corrected chi connectivity index (χ1v) is 13.6. The molecule has 1 amide bonds. The van der Waals surface area contributed by atoms with Crippen LogP contribution in [0, 0.1) is 5.92 Å². The highest BCUT2D eigenvalue weighted by Crippen LogP contribution is 2.40. The lowest BCUT2D eigenvalue weighted by Gasteiger charge is -2.14. The summed E-state index contributed by atoms with van der Waals surface area (Å²) < 4.78 is 1.03. The Balaban J connectivity index is 1.57. The van der Waals surface area contributed by atoms with E-state index in [1.807, 2.05) is 19.1 Å². The van der Waals surface area contributed by atoms with E-state index in [1.165, 1.54) is 23.1 Å². The maximum Gasteiger partial charge on any atom is 0.239 e. The molecule has 3 aromatic heterocycles. The highest BCUT2D eigenvalue weighted by molar-refractivity contribution is 9.10. The van der Waals surface area contributed by atoms with Gasteiger partial charge in [-0.25, -0.2) is 9.97 Å². The van der Waals surface area contributed by atoms with Crippen molar-refractivity contribution in [3.8, 4) is 11.1 Å². The normalized spacial score (nSPS) is 12.4. The Kier molecular flexibility index (Phi) is 7.55. The van der Waals surface area contributed by atoms with Crippen LogP contribution in [0.25, 0.3) is 21.3 Å². The number of rotatable bonds is 8. The molecule has 0 aliphatic carbocycles. The van der Waals surface area contributed by atoms with E-state index < -0.39 is 0 Å². The SMILES string of the molecule is CCC(Sc1ncnc2scc(-c3ccc(Br)cc3)c12)C(=O)Nc1nnc(CC(C)C)s1. The van der Waals surface area contributed by atoms with Crippen LogP contribution in [-0.4, -0.2) is 31.3 Å². The fourth-order valence-electron chi connectivity index (χ4n) is 3.16. The van der Waals surface area contributed by atoms with Crippen molar-refractivity contribution in [3.05, 3.63) is 45.5 Å². The summed E-state index contributed by atoms with van der Waals surface area (Å²) >= 11 is 7.99. The molecule has 1 unspecified atom stereocenters. The first-order chi connectivity index (χ1) is 15.4. The molecule has 32 heavy (non-hydrogen) atoms. The minimum Gasteiger partial charge on any atom is -0.300 e. The van der Waals surface area contributed by atoms with E-state index >= 15 is 0 Å². The van der Waals surface area contributed by atoms with Crippen LogP contribution >= 0.6 is 50.4 Å². The first kappa shape index (κ1) is 23.3. The molecule has 0 radical (unpaired) electrons. The van der Waals surface area contributed by atoms with E-state index in [2.05, 4.69) is 72.8 Å². The van der Waals surface area contributed by atoms with Gasteiger partial charge in [-0.3, -0.25) is 10.1 Å². The number of hydrogen-bond acceptors (Lipinski definition) is 8. The molecule has 0 aliphatic rings. The van der Waals surface area contributed by atoms with Crippen LogP contribution in [0.2, 0.25) is 0 Å². The van der Waals surface area contributed by atoms with Gasteiger partial charge in [0.15, 0.2) is 0 Å². The fraction of sp³-hybridized carbons (Fsp3) is 0.318. The number of amides is 1. The second-order valence-corrected chi connectivity index (χ2v) is 11.6. The maximum absolute atomic E-state index is 13.0. The van der Waals surface area contributed by atoms with E-state index in [-0.39, 0.29) is 11.2 Å². The second kappa shape index (κ2) is 10.4. The highest BCUT2D eigenvalue weighted by atomic mass is 79.9. The molecule has 0 fully saturated rings. The summed E-state index contributed by atoms with van der Waals surface area (Å²) in [4.78, 5) is 22.9. The number of carbonyl (C=O) groups is 1. The molecule has 1 atom stereocenters. The molecule has 10 heteroatoms. The number of thioether (sulfide) groups is 1. The maximum atomic E-state index is 13.0. The molecule has 0 bridgehead atoms. The number of nitrogens with one attached hydrogen (secondary N) is 1. The third kappa shape index (κ3) is 5.36. The Morgan fingerprint density at radius 2 is 1.97 bits per heavy atom. The summed E-state index contributed by atoms with van der Waals surface area (Å²) in [6.45, 7) is 6.28. The van der Waals surface area contributed by atoms with E-state index in [4.69, 9.17) is 0 Å². The van der Waals surface area contributed by atoms with Gasteiger partial charge in [-0.05, 0) is 30.0 Å². The summed E-state index contributed by atoms with van der Waals surface area (Å²) in [5, 5.41) is 16.4. The largest absolute Gasteiger partial charge is 0.300 e. The number of benzene rings is 1. The van der Waals surface area contributed by atoms with Crippen molar-refractivity contribution >= 4 is 71.6 Å². The summed E-state index contributed by atoms with van der Waals surface area (Å²) in [6.07, 6.45) is 3.09. The number of nitrogens with zero attached hydrogens (tertiary/aromatic N) is 4. The Hall–Kier alpha value is -1.88. The minimum absolute atomic E-state index is 0.0862. The summed E-state index contributed by atoms with van der Waals surface area (Å²) in [5.41, 5.74) is 2.18. The van der Waals surface area contributed by atoms with Crippen LogP contribution < -0.4 is 5.32 Å². The van der Waals surface area contributed by atoms with Gasteiger partial charge >= 0.3 is 0 Å². The molecule has 3 heterocycles. The van der Waals surface area contributed by atoms with E-state index in [0.29, 0.717) is 17.5 Å². The van der Waals surface area contributed by atoms with Crippen LogP contribution in [-0.2, 0) is 11.2 Å². The Morgan fingerprint density at radius 1 is 1.19 bits per heavy atom. The quantitative estimate of drug-likeness (QED) is 0.195. The zero-order valence-corrected chi connectivity index (χ0v) is 21.9. The van der Waals surface area contributed by atoms with Crippen LogP contribution in [0.4, 0.5) is 5.13 Å². The summed E-state index contributed by atoms with van der Waals surface area (Å²) in [6, 6.07) is 8.18. The van der Waals surface area contributed by atoms with E-state index in [1.54, 1.807) is 17.7 Å². The van der Waals surface area contributed by atoms with Crippen LogP contribution in [0.5, 0.6) is 0 Å². The Morgan fingerprint density at radius 3 is 2.69 bits per heavy atom. The van der Waals surface area contributed by atoms with Crippen molar-refractivity contribution in [1.82, 2.24) is 20.2 Å². The number of carbonyl (C=O) groups excluding carboxylic acids is 1. The predicted molar refractivity (Wildman–Crippen MR) is 138 cm³/mol. The average molecular weight is 549 g/mol. The van der Waals surface area contributed by atoms with Gasteiger partial charge in [-0.1, -0.05) is 71.9 Å². The van der Waals surface area contributed by atoms with E-state index in [0.717, 1.165) is 42.3 Å². The number of halogens is 1. The molecule has 0 saturated carbocycles. The lowest BCUT2D eigenvalue weighted by Crippen LogP contribution is -2.24. The van der Waals surface area contributed by atoms with Gasteiger partial charge < -0.3 is 0 Å². The van der Waals surface area contributed by atoms with Gasteiger partial charge in [-0.2, -0.15) is 0 Å². The third-order valence-corrected chi connectivity index (χ3v) is 8.33. The lowest BCUT2D eigenvalue weighted by molar-refractivity contribution is -0.115. The zero-order chi connectivity index (χ0) is 22.7. The zero-order valence-electron chi connectivity index (χ0n) is 17.8. The molecule has 4 rings (SSSR count). The first-order valence-electron chi connectivity index (χ1n) is 10.2. The summed E-state index contributed by atoms with van der Waals surface area (Å²) in [5.74, 6) is 0.410. The fourth-order valence-corrected chi connectivity index (χ4v) is 6.39. The van der Waals surface area contributed by atoms with Crippen molar-refractivity contribution in [1.29, 1.82) is 0 Å². The van der Waals surface area contributed by atoms with Gasteiger partial charge in [0.1, 0.15) is 21.2 Å². The summed E-state index contributed by atoms with van der Waals surface area (Å²) in [7, 11) is 0. The number of aromatic nitrogens is 4. The minimum atomic E-state index is -0.303. The Bertz CT molecular complexity index is 1220. The van der Waals surface area contributed by atoms with Crippen molar-refractivity contribution in [2.75, 3.05) is 5.32 Å². The number of hydrogen-bond donors (Lipinski definition) is 1. The predicted octanol–water partition coefficient (Wildman–Crippen LogP) is 6.68. The number of fused-ring (bicyclic) bond motifs is 1. The van der Waals surface area contributed by atoms with Crippen LogP contribution in [0.15, 0.2) is 45.5 Å². The van der Waals surface area contributed by atoms with Crippen molar-refractivity contribution in [3.63, 3.8) is 0 Å². The van der Waals surface area contributed by atoms with Gasteiger partial charge in [-0.15, -0.1) is 21.5 Å². The second-order valence-electron chi connectivity index (χ2n) is 7.62. The lowest BCUT2D eigenvalue weighted by atomic mass is 10.1.